The minimum absolute atomic E-state index is 0.100. The number of benzene rings is 3. The second-order valence-corrected chi connectivity index (χ2v) is 7.95. The molecule has 0 spiro atoms. The second-order valence-electron chi connectivity index (χ2n) is 6.40. The molecular weight excluding hydrogens is 408 g/mol. The highest BCUT2D eigenvalue weighted by molar-refractivity contribution is 7.87. The van der Waals surface area contributed by atoms with Crippen LogP contribution in [0.5, 0.6) is 23.0 Å². The van der Waals surface area contributed by atoms with Crippen LogP contribution in [0.3, 0.4) is 0 Å². The van der Waals surface area contributed by atoms with Crippen LogP contribution < -0.4 is 18.4 Å². The predicted octanol–water partition coefficient (Wildman–Crippen LogP) is 3.47. The van der Waals surface area contributed by atoms with Gasteiger partial charge in [0.1, 0.15) is 23.9 Å². The third-order valence-corrected chi connectivity index (χ3v) is 5.70. The number of ether oxygens (including phenoxy) is 3. The standard InChI is InChI=1S/C22H18O7S/c1-26-16-7-9-18(22(23)15-5-3-2-4-6-15)20(13-16)29-30(24,25)17-8-10-19-21(14-17)28-12-11-27-19/h2-10,13-14H,11-12H2,1H3. The number of hydrogen-bond donors (Lipinski definition) is 0. The van der Waals surface area contributed by atoms with E-state index in [9.17, 15) is 13.2 Å². The first-order chi connectivity index (χ1) is 14.5. The predicted molar refractivity (Wildman–Crippen MR) is 108 cm³/mol. The molecule has 4 rings (SSSR count). The minimum atomic E-state index is -4.25. The van der Waals surface area contributed by atoms with Gasteiger partial charge in [0.25, 0.3) is 0 Å². The maximum atomic E-state index is 12.9. The molecule has 0 saturated heterocycles. The van der Waals surface area contributed by atoms with Crippen molar-refractivity contribution >= 4 is 15.9 Å². The second kappa shape index (κ2) is 8.08. The van der Waals surface area contributed by atoms with E-state index in [1.165, 1.54) is 37.4 Å². The van der Waals surface area contributed by atoms with Crippen molar-refractivity contribution in [1.29, 1.82) is 0 Å². The molecule has 3 aromatic rings. The van der Waals surface area contributed by atoms with Crippen LogP contribution in [0.4, 0.5) is 0 Å². The zero-order valence-electron chi connectivity index (χ0n) is 16.0. The van der Waals surface area contributed by atoms with Crippen molar-refractivity contribution in [3.05, 3.63) is 77.9 Å². The summed E-state index contributed by atoms with van der Waals surface area (Å²) in [5.74, 6) is 0.634. The summed E-state index contributed by atoms with van der Waals surface area (Å²) < 4.78 is 47.3. The van der Waals surface area contributed by atoms with Crippen molar-refractivity contribution in [2.24, 2.45) is 0 Å². The lowest BCUT2D eigenvalue weighted by molar-refractivity contribution is 0.103. The number of ketones is 1. The van der Waals surface area contributed by atoms with E-state index in [0.717, 1.165) is 0 Å². The molecule has 0 saturated carbocycles. The Kier molecular flexibility index (Phi) is 5.33. The molecule has 0 aromatic heterocycles. The number of hydrogen-bond acceptors (Lipinski definition) is 7. The topological polar surface area (TPSA) is 88.1 Å². The first-order valence-electron chi connectivity index (χ1n) is 9.10. The Hall–Kier alpha value is -3.52. The van der Waals surface area contributed by atoms with Crippen molar-refractivity contribution in [2.75, 3.05) is 20.3 Å². The normalized spacial score (nSPS) is 12.8. The SMILES string of the molecule is COc1ccc(C(=O)c2ccccc2)c(OS(=O)(=O)c2ccc3c(c2)OCCO3)c1. The fourth-order valence-corrected chi connectivity index (χ4v) is 3.93. The Morgan fingerprint density at radius 3 is 2.37 bits per heavy atom. The number of carbonyl (C=O) groups excluding carboxylic acids is 1. The van der Waals surface area contributed by atoms with Gasteiger partial charge >= 0.3 is 10.1 Å². The van der Waals surface area contributed by atoms with Crippen LogP contribution in [0.1, 0.15) is 15.9 Å². The van der Waals surface area contributed by atoms with E-state index < -0.39 is 10.1 Å². The molecule has 8 heteroatoms. The fourth-order valence-electron chi connectivity index (χ4n) is 2.98. The lowest BCUT2D eigenvalue weighted by Gasteiger charge is -2.19. The molecule has 1 heterocycles. The van der Waals surface area contributed by atoms with Crippen LogP contribution in [0, 0.1) is 0 Å². The Bertz CT molecular complexity index is 1190. The molecule has 0 fully saturated rings. The van der Waals surface area contributed by atoms with Crippen molar-refractivity contribution in [3.8, 4) is 23.0 Å². The van der Waals surface area contributed by atoms with Gasteiger partial charge in [-0.2, -0.15) is 8.42 Å². The summed E-state index contributed by atoms with van der Waals surface area (Å²) in [6.07, 6.45) is 0. The van der Waals surface area contributed by atoms with Crippen LogP contribution in [-0.2, 0) is 10.1 Å². The highest BCUT2D eigenvalue weighted by atomic mass is 32.2. The van der Waals surface area contributed by atoms with E-state index in [1.807, 2.05) is 0 Å². The largest absolute Gasteiger partial charge is 0.497 e. The molecule has 7 nitrogen and oxygen atoms in total. The lowest BCUT2D eigenvalue weighted by atomic mass is 10.0. The van der Waals surface area contributed by atoms with Gasteiger partial charge in [-0.3, -0.25) is 4.79 Å². The Morgan fingerprint density at radius 2 is 1.63 bits per heavy atom. The summed E-state index contributed by atoms with van der Waals surface area (Å²) in [6, 6.07) is 17.1. The van der Waals surface area contributed by atoms with Gasteiger partial charge in [-0.25, -0.2) is 0 Å². The van der Waals surface area contributed by atoms with Gasteiger partial charge in [0.15, 0.2) is 23.0 Å². The molecule has 3 aromatic carbocycles. The summed E-state index contributed by atoms with van der Waals surface area (Å²) in [6.45, 7) is 0.716. The van der Waals surface area contributed by atoms with Crippen molar-refractivity contribution in [3.63, 3.8) is 0 Å². The van der Waals surface area contributed by atoms with E-state index in [0.29, 0.717) is 36.0 Å². The molecule has 0 atom stereocenters. The average Bonchev–Trinajstić information content (AvgIpc) is 2.78. The number of carbonyl (C=O) groups is 1. The fraction of sp³-hybridized carbons (Fsp3) is 0.136. The molecule has 1 aliphatic rings. The van der Waals surface area contributed by atoms with Gasteiger partial charge in [0, 0.05) is 17.7 Å². The van der Waals surface area contributed by atoms with Crippen molar-refractivity contribution < 1.29 is 31.6 Å². The molecule has 0 N–H and O–H groups in total. The highest BCUT2D eigenvalue weighted by Crippen LogP contribution is 2.34. The van der Waals surface area contributed by atoms with Gasteiger partial charge in [-0.15, -0.1) is 0 Å². The van der Waals surface area contributed by atoms with Crippen LogP contribution in [0.25, 0.3) is 0 Å². The molecule has 0 radical (unpaired) electrons. The number of methoxy groups -OCH3 is 1. The van der Waals surface area contributed by atoms with E-state index in [-0.39, 0.29) is 22.0 Å². The summed E-state index contributed by atoms with van der Waals surface area (Å²) in [5, 5.41) is 0. The Morgan fingerprint density at radius 1 is 0.900 bits per heavy atom. The van der Waals surface area contributed by atoms with Gasteiger partial charge in [0.05, 0.1) is 12.7 Å². The van der Waals surface area contributed by atoms with E-state index in [1.54, 1.807) is 36.4 Å². The van der Waals surface area contributed by atoms with E-state index in [2.05, 4.69) is 0 Å². The monoisotopic (exact) mass is 426 g/mol. The summed E-state index contributed by atoms with van der Waals surface area (Å²) in [4.78, 5) is 12.8. The first-order valence-corrected chi connectivity index (χ1v) is 10.5. The third-order valence-electron chi connectivity index (χ3n) is 4.47. The molecule has 30 heavy (non-hydrogen) atoms. The smallest absolute Gasteiger partial charge is 0.339 e. The molecule has 154 valence electrons. The van der Waals surface area contributed by atoms with Gasteiger partial charge < -0.3 is 18.4 Å². The maximum absolute atomic E-state index is 12.9. The third kappa shape index (κ3) is 3.95. The Labute approximate surface area is 173 Å². The zero-order chi connectivity index (χ0) is 21.1. The van der Waals surface area contributed by atoms with Crippen LogP contribution in [-0.4, -0.2) is 34.5 Å². The first kappa shape index (κ1) is 19.8. The summed E-state index contributed by atoms with van der Waals surface area (Å²) in [7, 11) is -2.82. The van der Waals surface area contributed by atoms with Gasteiger partial charge in [-0.1, -0.05) is 30.3 Å². The van der Waals surface area contributed by atoms with Crippen LogP contribution in [0.15, 0.2) is 71.6 Å². The zero-order valence-corrected chi connectivity index (χ0v) is 16.8. The van der Waals surface area contributed by atoms with Crippen LogP contribution >= 0.6 is 0 Å². The molecule has 1 aliphatic heterocycles. The van der Waals surface area contributed by atoms with Crippen LogP contribution in [0.2, 0.25) is 0 Å². The molecule has 0 aliphatic carbocycles. The quantitative estimate of drug-likeness (QED) is 0.441. The Balaban J connectivity index is 1.72. The summed E-state index contributed by atoms with van der Waals surface area (Å²) in [5.41, 5.74) is 0.507. The van der Waals surface area contributed by atoms with Crippen molar-refractivity contribution in [1.82, 2.24) is 0 Å². The molecular formula is C22H18O7S. The molecule has 0 bridgehead atoms. The highest BCUT2D eigenvalue weighted by Gasteiger charge is 2.25. The number of fused-ring (bicyclic) bond motifs is 1. The maximum Gasteiger partial charge on any atom is 0.339 e. The number of rotatable bonds is 6. The van der Waals surface area contributed by atoms with Crippen molar-refractivity contribution in [2.45, 2.75) is 4.90 Å². The van der Waals surface area contributed by atoms with E-state index in [4.69, 9.17) is 18.4 Å². The summed E-state index contributed by atoms with van der Waals surface area (Å²) >= 11 is 0. The lowest BCUT2D eigenvalue weighted by Crippen LogP contribution is -2.17. The minimum Gasteiger partial charge on any atom is -0.497 e. The van der Waals surface area contributed by atoms with Gasteiger partial charge in [0.2, 0.25) is 0 Å². The van der Waals surface area contributed by atoms with Gasteiger partial charge in [-0.05, 0) is 24.3 Å². The van der Waals surface area contributed by atoms with E-state index >= 15 is 0 Å². The average molecular weight is 426 g/mol. The molecule has 0 unspecified atom stereocenters. The molecule has 0 amide bonds.